The Bertz CT molecular complexity index is 445. The summed E-state index contributed by atoms with van der Waals surface area (Å²) in [6.07, 6.45) is 0.742. The summed E-state index contributed by atoms with van der Waals surface area (Å²) in [6.45, 7) is 0. The first kappa shape index (κ1) is 11.6. The van der Waals surface area contributed by atoms with Crippen LogP contribution in [0.5, 0.6) is 11.5 Å². The SMILES string of the molecule is COc1ccc(C2CC(N)=NN2C)cc1OC. The molecule has 1 aliphatic heterocycles. The standard InChI is InChI=1S/C12H17N3O2/c1-15-9(7-12(13)14-15)8-4-5-10(16-2)11(6-8)17-3/h4-6,9H,7H2,1-3H3,(H2,13,14). The molecule has 0 radical (unpaired) electrons. The van der Waals surface area contributed by atoms with E-state index >= 15 is 0 Å². The molecule has 1 aromatic rings. The van der Waals surface area contributed by atoms with Crippen molar-refractivity contribution in [1.82, 2.24) is 5.01 Å². The van der Waals surface area contributed by atoms with Crippen molar-refractivity contribution in [3.8, 4) is 11.5 Å². The summed E-state index contributed by atoms with van der Waals surface area (Å²) in [6, 6.07) is 6.05. The van der Waals surface area contributed by atoms with Gasteiger partial charge in [-0.25, -0.2) is 0 Å². The van der Waals surface area contributed by atoms with E-state index in [9.17, 15) is 0 Å². The molecular formula is C12H17N3O2. The van der Waals surface area contributed by atoms with Gasteiger partial charge in [-0.1, -0.05) is 6.07 Å². The Morgan fingerprint density at radius 2 is 2.00 bits per heavy atom. The Hall–Kier alpha value is -1.91. The van der Waals surface area contributed by atoms with E-state index in [2.05, 4.69) is 5.10 Å². The van der Waals surface area contributed by atoms with E-state index in [0.29, 0.717) is 5.84 Å². The fourth-order valence-electron chi connectivity index (χ4n) is 2.04. The van der Waals surface area contributed by atoms with Gasteiger partial charge in [-0.05, 0) is 17.7 Å². The van der Waals surface area contributed by atoms with Gasteiger partial charge in [0, 0.05) is 13.5 Å². The zero-order valence-electron chi connectivity index (χ0n) is 10.3. The maximum Gasteiger partial charge on any atom is 0.161 e. The number of hydrogen-bond donors (Lipinski definition) is 1. The monoisotopic (exact) mass is 235 g/mol. The van der Waals surface area contributed by atoms with Crippen LogP contribution in [-0.2, 0) is 0 Å². The van der Waals surface area contributed by atoms with Crippen LogP contribution in [0.3, 0.4) is 0 Å². The summed E-state index contributed by atoms with van der Waals surface area (Å²) in [7, 11) is 5.17. The zero-order chi connectivity index (χ0) is 12.4. The van der Waals surface area contributed by atoms with E-state index in [1.165, 1.54) is 0 Å². The van der Waals surface area contributed by atoms with Gasteiger partial charge >= 0.3 is 0 Å². The van der Waals surface area contributed by atoms with Gasteiger partial charge in [-0.2, -0.15) is 5.10 Å². The predicted molar refractivity (Wildman–Crippen MR) is 66.3 cm³/mol. The first-order valence-electron chi connectivity index (χ1n) is 5.43. The summed E-state index contributed by atoms with van der Waals surface area (Å²) in [4.78, 5) is 0. The molecular weight excluding hydrogens is 218 g/mol. The van der Waals surface area contributed by atoms with Gasteiger partial charge in [-0.15, -0.1) is 0 Å². The van der Waals surface area contributed by atoms with Crippen LogP contribution in [0.1, 0.15) is 18.0 Å². The molecule has 5 heteroatoms. The lowest BCUT2D eigenvalue weighted by Crippen LogP contribution is -2.14. The summed E-state index contributed by atoms with van der Waals surface area (Å²) in [5, 5.41) is 6.07. The van der Waals surface area contributed by atoms with Crippen molar-refractivity contribution in [3.05, 3.63) is 23.8 Å². The van der Waals surface area contributed by atoms with Gasteiger partial charge in [0.1, 0.15) is 5.84 Å². The molecule has 0 fully saturated rings. The van der Waals surface area contributed by atoms with Crippen LogP contribution in [0.4, 0.5) is 0 Å². The summed E-state index contributed by atoms with van der Waals surface area (Å²) < 4.78 is 10.5. The molecule has 17 heavy (non-hydrogen) atoms. The first-order valence-corrected chi connectivity index (χ1v) is 5.43. The van der Waals surface area contributed by atoms with E-state index in [-0.39, 0.29) is 6.04 Å². The minimum atomic E-state index is 0.176. The number of hydrogen-bond acceptors (Lipinski definition) is 5. The predicted octanol–water partition coefficient (Wildman–Crippen LogP) is 1.35. The fourth-order valence-corrected chi connectivity index (χ4v) is 2.04. The highest BCUT2D eigenvalue weighted by Gasteiger charge is 2.24. The van der Waals surface area contributed by atoms with Crippen LogP contribution in [0.2, 0.25) is 0 Å². The van der Waals surface area contributed by atoms with Gasteiger partial charge < -0.3 is 15.2 Å². The van der Waals surface area contributed by atoms with Crippen LogP contribution < -0.4 is 15.2 Å². The Labute approximate surface area is 101 Å². The zero-order valence-corrected chi connectivity index (χ0v) is 10.3. The molecule has 1 heterocycles. The molecule has 0 aliphatic carbocycles. The second kappa shape index (κ2) is 4.53. The number of nitrogens with two attached hydrogens (primary N) is 1. The lowest BCUT2D eigenvalue weighted by Gasteiger charge is -2.20. The molecule has 1 aromatic carbocycles. The molecule has 2 rings (SSSR count). The Balaban J connectivity index is 2.28. The summed E-state index contributed by atoms with van der Waals surface area (Å²) in [5.41, 5.74) is 6.85. The van der Waals surface area contributed by atoms with Crippen LogP contribution in [-0.4, -0.2) is 32.1 Å². The number of methoxy groups -OCH3 is 2. The average molecular weight is 235 g/mol. The third-order valence-corrected chi connectivity index (χ3v) is 2.93. The number of ether oxygens (including phenoxy) is 2. The van der Waals surface area contributed by atoms with Gasteiger partial charge in [0.25, 0.3) is 0 Å². The maximum atomic E-state index is 5.73. The van der Waals surface area contributed by atoms with E-state index in [1.807, 2.05) is 30.3 Å². The number of hydrazone groups is 1. The third-order valence-electron chi connectivity index (χ3n) is 2.93. The Morgan fingerprint density at radius 3 is 2.53 bits per heavy atom. The lowest BCUT2D eigenvalue weighted by atomic mass is 10.0. The molecule has 92 valence electrons. The third kappa shape index (κ3) is 2.13. The van der Waals surface area contributed by atoms with Crippen LogP contribution in [0.15, 0.2) is 23.3 Å². The molecule has 0 saturated carbocycles. The minimum Gasteiger partial charge on any atom is -0.493 e. The summed E-state index contributed by atoms with van der Waals surface area (Å²) >= 11 is 0. The highest BCUT2D eigenvalue weighted by molar-refractivity contribution is 5.82. The largest absolute Gasteiger partial charge is 0.493 e. The molecule has 0 spiro atoms. The molecule has 0 amide bonds. The van der Waals surface area contributed by atoms with E-state index in [0.717, 1.165) is 23.5 Å². The van der Waals surface area contributed by atoms with E-state index in [1.54, 1.807) is 14.2 Å². The van der Waals surface area contributed by atoms with Crippen molar-refractivity contribution in [1.29, 1.82) is 0 Å². The van der Waals surface area contributed by atoms with Crippen LogP contribution in [0.25, 0.3) is 0 Å². The topological polar surface area (TPSA) is 60.1 Å². The number of amidine groups is 1. The molecule has 5 nitrogen and oxygen atoms in total. The van der Waals surface area contributed by atoms with Crippen molar-refractivity contribution in [3.63, 3.8) is 0 Å². The van der Waals surface area contributed by atoms with Crippen LogP contribution in [0, 0.1) is 0 Å². The fraction of sp³-hybridized carbons (Fsp3) is 0.417. The van der Waals surface area contributed by atoms with Crippen LogP contribution >= 0.6 is 0 Å². The van der Waals surface area contributed by atoms with Crippen molar-refractivity contribution in [2.24, 2.45) is 10.8 Å². The molecule has 0 bridgehead atoms. The highest BCUT2D eigenvalue weighted by Crippen LogP contribution is 2.34. The average Bonchev–Trinajstić information content (AvgIpc) is 2.67. The van der Waals surface area contributed by atoms with E-state index in [4.69, 9.17) is 15.2 Å². The molecule has 1 aliphatic rings. The van der Waals surface area contributed by atoms with E-state index < -0.39 is 0 Å². The molecule has 0 aromatic heterocycles. The normalized spacial score (nSPS) is 19.1. The number of nitrogens with zero attached hydrogens (tertiary/aromatic N) is 2. The molecule has 1 unspecified atom stereocenters. The Kier molecular flexibility index (Phi) is 3.08. The van der Waals surface area contributed by atoms with Crippen molar-refractivity contribution in [2.75, 3.05) is 21.3 Å². The highest BCUT2D eigenvalue weighted by atomic mass is 16.5. The van der Waals surface area contributed by atoms with Crippen molar-refractivity contribution < 1.29 is 9.47 Å². The molecule has 1 atom stereocenters. The quantitative estimate of drug-likeness (QED) is 0.859. The molecule has 2 N–H and O–H groups in total. The van der Waals surface area contributed by atoms with Gasteiger partial charge in [-0.3, -0.25) is 5.01 Å². The maximum absolute atomic E-state index is 5.73. The lowest BCUT2D eigenvalue weighted by molar-refractivity contribution is 0.288. The van der Waals surface area contributed by atoms with Gasteiger partial charge in [0.05, 0.1) is 20.3 Å². The number of benzene rings is 1. The van der Waals surface area contributed by atoms with Gasteiger partial charge in [0.15, 0.2) is 11.5 Å². The second-order valence-corrected chi connectivity index (χ2v) is 4.00. The smallest absolute Gasteiger partial charge is 0.161 e. The minimum absolute atomic E-state index is 0.176. The Morgan fingerprint density at radius 1 is 1.29 bits per heavy atom. The van der Waals surface area contributed by atoms with Gasteiger partial charge in [0.2, 0.25) is 0 Å². The van der Waals surface area contributed by atoms with Crippen molar-refractivity contribution in [2.45, 2.75) is 12.5 Å². The van der Waals surface area contributed by atoms with Crippen molar-refractivity contribution >= 4 is 5.84 Å². The first-order chi connectivity index (χ1) is 8.15. The summed E-state index contributed by atoms with van der Waals surface area (Å²) in [5.74, 6) is 2.11. The second-order valence-electron chi connectivity index (χ2n) is 4.00. The molecule has 0 saturated heterocycles. The number of rotatable bonds is 3.